The number of hydrogen-bond donors (Lipinski definition) is 1. The van der Waals surface area contributed by atoms with E-state index in [-0.39, 0.29) is 18.7 Å². The number of carbonyl (C=O) groups excluding carboxylic acids is 3. The van der Waals surface area contributed by atoms with E-state index in [2.05, 4.69) is 26.2 Å². The van der Waals surface area contributed by atoms with Gasteiger partial charge in [0.05, 0.1) is 11.1 Å². The number of ether oxygens (including phenoxy) is 2. The lowest BCUT2D eigenvalue weighted by Crippen LogP contribution is -2.39. The van der Waals surface area contributed by atoms with Crippen molar-refractivity contribution in [3.8, 4) is 11.5 Å². The number of carbonyl (C=O) groups is 3. The molecule has 0 spiro atoms. The van der Waals surface area contributed by atoms with Gasteiger partial charge in [-0.2, -0.15) is 4.99 Å². The number of amides is 4. The van der Waals surface area contributed by atoms with Gasteiger partial charge in [0.1, 0.15) is 18.9 Å². The number of benzene rings is 3. The normalized spacial score (nSPS) is 12.9. The molecule has 3 aromatic rings. The summed E-state index contributed by atoms with van der Waals surface area (Å²) in [5.41, 5.74) is 3.04. The maximum atomic E-state index is 12.9. The van der Waals surface area contributed by atoms with Crippen molar-refractivity contribution in [2.24, 2.45) is 4.99 Å². The van der Waals surface area contributed by atoms with E-state index < -0.39 is 24.4 Å². The summed E-state index contributed by atoms with van der Waals surface area (Å²) >= 11 is 15.8. The maximum absolute atomic E-state index is 12.9. The molecular weight excluding hydrogens is 609 g/mol. The van der Waals surface area contributed by atoms with E-state index in [0.717, 1.165) is 16.0 Å². The zero-order chi connectivity index (χ0) is 28.1. The highest BCUT2D eigenvalue weighted by Crippen LogP contribution is 2.38. The zero-order valence-electron chi connectivity index (χ0n) is 21.1. The third-order valence-electron chi connectivity index (χ3n) is 5.72. The van der Waals surface area contributed by atoms with Gasteiger partial charge in [0, 0.05) is 27.7 Å². The average Bonchev–Trinajstić information content (AvgIpc) is 3.13. The summed E-state index contributed by atoms with van der Waals surface area (Å²) in [6, 6.07) is 15.0. The van der Waals surface area contributed by atoms with Crippen LogP contribution in [0, 0.1) is 6.92 Å². The van der Waals surface area contributed by atoms with Crippen LogP contribution in [0.3, 0.4) is 0 Å². The average molecular weight is 633 g/mol. The molecule has 1 N–H and O–H groups in total. The summed E-state index contributed by atoms with van der Waals surface area (Å²) in [6.07, 6.45) is 0.0582. The lowest BCUT2D eigenvalue weighted by molar-refractivity contribution is -0.125. The summed E-state index contributed by atoms with van der Waals surface area (Å²) in [7, 11) is 0. The number of hydrogen-bond acceptors (Lipinski definition) is 5. The number of halogens is 3. The van der Waals surface area contributed by atoms with Crippen molar-refractivity contribution < 1.29 is 23.9 Å². The number of aryl methyl sites for hydroxylation is 1. The number of rotatable bonds is 10. The molecule has 0 radical (unpaired) electrons. The van der Waals surface area contributed by atoms with E-state index in [0.29, 0.717) is 43.9 Å². The molecule has 11 heteroatoms. The molecule has 4 rings (SSSR count). The molecule has 0 aromatic heterocycles. The second kappa shape index (κ2) is 12.6. The van der Waals surface area contributed by atoms with Gasteiger partial charge in [0.15, 0.2) is 11.5 Å². The molecule has 0 bridgehead atoms. The molecule has 0 fully saturated rings. The molecule has 1 aliphatic heterocycles. The van der Waals surface area contributed by atoms with Crippen LogP contribution in [0.4, 0.5) is 10.5 Å². The number of imide groups is 1. The third kappa shape index (κ3) is 7.17. The highest BCUT2D eigenvalue weighted by atomic mass is 79.9. The van der Waals surface area contributed by atoms with Crippen molar-refractivity contribution in [3.05, 3.63) is 85.8 Å². The number of urea groups is 1. The Balaban J connectivity index is 1.44. The first-order chi connectivity index (χ1) is 18.6. The van der Waals surface area contributed by atoms with Gasteiger partial charge in [-0.1, -0.05) is 47.0 Å². The highest BCUT2D eigenvalue weighted by molar-refractivity contribution is 9.10. The molecule has 0 aliphatic carbocycles. The molecule has 3 aromatic carbocycles. The van der Waals surface area contributed by atoms with Crippen molar-refractivity contribution in [2.75, 3.05) is 18.5 Å². The lowest BCUT2D eigenvalue weighted by Gasteiger charge is -2.16. The molecular formula is C28H24BrCl2N3O5. The van der Waals surface area contributed by atoms with E-state index in [4.69, 9.17) is 32.7 Å². The van der Waals surface area contributed by atoms with E-state index in [1.807, 2.05) is 26.0 Å². The summed E-state index contributed by atoms with van der Waals surface area (Å²) in [5, 5.41) is 3.68. The first-order valence-electron chi connectivity index (χ1n) is 12.0. The number of anilines is 1. The molecule has 0 atom stereocenters. The molecule has 0 saturated heterocycles. The molecule has 0 unspecified atom stereocenters. The molecule has 39 heavy (non-hydrogen) atoms. The zero-order valence-corrected chi connectivity index (χ0v) is 24.2. The Kier molecular flexibility index (Phi) is 9.27. The minimum Gasteiger partial charge on any atom is -0.490 e. The van der Waals surface area contributed by atoms with Crippen molar-refractivity contribution in [2.45, 2.75) is 26.9 Å². The van der Waals surface area contributed by atoms with Crippen molar-refractivity contribution >= 4 is 68.4 Å². The third-order valence-corrected chi connectivity index (χ3v) is 6.89. The van der Waals surface area contributed by atoms with Gasteiger partial charge in [0.2, 0.25) is 5.91 Å². The predicted octanol–water partition coefficient (Wildman–Crippen LogP) is 6.63. The van der Waals surface area contributed by atoms with Crippen LogP contribution in [0.1, 0.15) is 23.6 Å². The Morgan fingerprint density at radius 2 is 1.79 bits per heavy atom. The van der Waals surface area contributed by atoms with Gasteiger partial charge >= 0.3 is 6.03 Å². The first kappa shape index (κ1) is 28.6. The maximum Gasteiger partial charge on any atom is 0.351 e. The fourth-order valence-corrected chi connectivity index (χ4v) is 4.88. The number of nitrogens with zero attached hydrogens (tertiary/aromatic N) is 2. The van der Waals surface area contributed by atoms with E-state index in [1.165, 1.54) is 0 Å². The largest absolute Gasteiger partial charge is 0.490 e. The highest BCUT2D eigenvalue weighted by Gasteiger charge is 2.34. The SMILES string of the molecule is CCOc1cc(CC2=NC(=O)N(CC(=O)Nc3ccc(C)cc3)C2=O)cc(Br)c1OCc1ccc(Cl)cc1Cl. The van der Waals surface area contributed by atoms with E-state index >= 15 is 0 Å². The Morgan fingerprint density at radius 1 is 1.05 bits per heavy atom. The molecule has 1 heterocycles. The summed E-state index contributed by atoms with van der Waals surface area (Å²) in [4.78, 5) is 42.6. The fourth-order valence-electron chi connectivity index (χ4n) is 3.81. The molecule has 4 amide bonds. The van der Waals surface area contributed by atoms with Crippen LogP contribution in [-0.4, -0.2) is 41.6 Å². The summed E-state index contributed by atoms with van der Waals surface area (Å²) < 4.78 is 12.4. The van der Waals surface area contributed by atoms with Gasteiger partial charge < -0.3 is 14.8 Å². The Bertz CT molecular complexity index is 1460. The van der Waals surface area contributed by atoms with Crippen molar-refractivity contribution in [1.29, 1.82) is 0 Å². The van der Waals surface area contributed by atoms with Crippen LogP contribution < -0.4 is 14.8 Å². The van der Waals surface area contributed by atoms with E-state index in [9.17, 15) is 14.4 Å². The Morgan fingerprint density at radius 3 is 2.49 bits per heavy atom. The van der Waals surface area contributed by atoms with Crippen LogP contribution in [0.25, 0.3) is 0 Å². The predicted molar refractivity (Wildman–Crippen MR) is 154 cm³/mol. The summed E-state index contributed by atoms with van der Waals surface area (Å²) in [5.74, 6) is -0.220. The van der Waals surface area contributed by atoms with Crippen LogP contribution >= 0.6 is 39.1 Å². The lowest BCUT2D eigenvalue weighted by atomic mass is 10.1. The number of aliphatic imine (C=N–C) groups is 1. The van der Waals surface area contributed by atoms with Crippen LogP contribution in [0.5, 0.6) is 11.5 Å². The van der Waals surface area contributed by atoms with Crippen LogP contribution in [-0.2, 0) is 22.6 Å². The van der Waals surface area contributed by atoms with E-state index in [1.54, 1.807) is 42.5 Å². The van der Waals surface area contributed by atoms with Gasteiger partial charge in [0.25, 0.3) is 5.91 Å². The van der Waals surface area contributed by atoms with Gasteiger partial charge in [-0.25, -0.2) is 9.69 Å². The molecule has 202 valence electrons. The Labute approximate surface area is 244 Å². The van der Waals surface area contributed by atoms with Crippen molar-refractivity contribution in [1.82, 2.24) is 4.90 Å². The topological polar surface area (TPSA) is 97.3 Å². The number of nitrogens with one attached hydrogen (secondary N) is 1. The molecule has 8 nitrogen and oxygen atoms in total. The minimum absolute atomic E-state index is 0.0269. The van der Waals surface area contributed by atoms with Crippen LogP contribution in [0.15, 0.2) is 64.1 Å². The smallest absolute Gasteiger partial charge is 0.351 e. The fraction of sp³-hybridized carbons (Fsp3) is 0.214. The van der Waals surface area contributed by atoms with Gasteiger partial charge in [-0.15, -0.1) is 0 Å². The van der Waals surface area contributed by atoms with Crippen molar-refractivity contribution in [3.63, 3.8) is 0 Å². The van der Waals surface area contributed by atoms with Gasteiger partial charge in [-0.3, -0.25) is 9.59 Å². The standard InChI is InChI=1S/C28H24BrCl2N3O5/c1-3-38-24-12-17(10-21(29)26(24)39-15-18-6-7-19(30)13-22(18)31)11-23-27(36)34(28(37)33-23)14-25(35)32-20-8-4-16(2)5-9-20/h4-10,12-13H,3,11,14-15H2,1-2H3,(H,32,35). The minimum atomic E-state index is -0.780. The second-order valence-electron chi connectivity index (χ2n) is 8.69. The first-order valence-corrected chi connectivity index (χ1v) is 13.5. The second-order valence-corrected chi connectivity index (χ2v) is 10.4. The Hall–Kier alpha value is -3.40. The van der Waals surface area contributed by atoms with Gasteiger partial charge in [-0.05, 0) is 71.7 Å². The quantitative estimate of drug-likeness (QED) is 0.271. The summed E-state index contributed by atoms with van der Waals surface area (Å²) in [6.45, 7) is 3.87. The molecule has 0 saturated carbocycles. The monoisotopic (exact) mass is 631 g/mol. The molecule has 1 aliphatic rings. The van der Waals surface area contributed by atoms with Crippen LogP contribution in [0.2, 0.25) is 10.0 Å².